The van der Waals surface area contributed by atoms with Gasteiger partial charge in [-0.1, -0.05) is 51.1 Å². The van der Waals surface area contributed by atoms with Crippen molar-refractivity contribution in [1.29, 1.82) is 0 Å². The van der Waals surface area contributed by atoms with E-state index in [0.717, 1.165) is 5.56 Å². The molecule has 0 bridgehead atoms. The van der Waals surface area contributed by atoms with Crippen LogP contribution in [0.1, 0.15) is 74.6 Å². The van der Waals surface area contributed by atoms with E-state index in [1.54, 1.807) is 48.8 Å². The highest BCUT2D eigenvalue weighted by atomic mass is 16.3. The first-order chi connectivity index (χ1) is 16.4. The molecule has 3 rings (SSSR count). The van der Waals surface area contributed by atoms with Crippen LogP contribution in [0.3, 0.4) is 0 Å². The Kier molecular flexibility index (Phi) is 7.76. The predicted molar refractivity (Wildman–Crippen MR) is 139 cm³/mol. The van der Waals surface area contributed by atoms with Gasteiger partial charge in [-0.25, -0.2) is 0 Å². The Labute approximate surface area is 208 Å². The van der Waals surface area contributed by atoms with Gasteiger partial charge in [0.2, 0.25) is 5.91 Å². The monoisotopic (exact) mass is 473 g/mol. The average Bonchev–Trinajstić information content (AvgIpc) is 2.81. The van der Waals surface area contributed by atoms with Gasteiger partial charge < -0.3 is 10.4 Å². The number of benzene rings is 2. The van der Waals surface area contributed by atoms with Crippen LogP contribution in [0.25, 0.3) is 0 Å². The van der Waals surface area contributed by atoms with Crippen molar-refractivity contribution in [3.63, 3.8) is 0 Å². The van der Waals surface area contributed by atoms with Crippen molar-refractivity contribution in [2.24, 2.45) is 0 Å². The van der Waals surface area contributed by atoms with E-state index in [1.807, 2.05) is 45.0 Å². The third-order valence-corrected chi connectivity index (χ3v) is 5.62. The molecule has 2 amide bonds. The van der Waals surface area contributed by atoms with E-state index in [1.165, 1.54) is 4.90 Å². The summed E-state index contributed by atoms with van der Waals surface area (Å²) in [4.78, 5) is 33.4. The molecule has 0 radical (unpaired) electrons. The van der Waals surface area contributed by atoms with E-state index in [-0.39, 0.29) is 23.8 Å². The Balaban J connectivity index is 2.18. The molecule has 0 saturated heterocycles. The molecule has 1 heterocycles. The van der Waals surface area contributed by atoms with Crippen molar-refractivity contribution in [3.8, 4) is 0 Å². The third kappa shape index (κ3) is 6.55. The summed E-state index contributed by atoms with van der Waals surface area (Å²) >= 11 is 0. The Hall–Kier alpha value is -3.51. The maximum absolute atomic E-state index is 14.0. The van der Waals surface area contributed by atoms with E-state index in [2.05, 4.69) is 31.1 Å². The number of amides is 2. The smallest absolute Gasteiger partial charge is 0.259 e. The second-order valence-electron chi connectivity index (χ2n) is 10.8. The number of pyridine rings is 1. The lowest BCUT2D eigenvalue weighted by atomic mass is 9.87. The number of nitrogens with one attached hydrogen (secondary N) is 1. The molecule has 0 saturated carbocycles. The van der Waals surface area contributed by atoms with E-state index < -0.39 is 11.6 Å². The summed E-state index contributed by atoms with van der Waals surface area (Å²) in [6, 6.07) is 17.1. The fourth-order valence-corrected chi connectivity index (χ4v) is 3.79. The maximum atomic E-state index is 14.0. The average molecular weight is 474 g/mol. The molecule has 1 unspecified atom stereocenters. The summed E-state index contributed by atoms with van der Waals surface area (Å²) in [6.45, 7) is 12.0. The van der Waals surface area contributed by atoms with Crippen molar-refractivity contribution in [2.75, 3.05) is 4.90 Å². The molecule has 0 aliphatic rings. The highest BCUT2D eigenvalue weighted by Crippen LogP contribution is 2.32. The normalized spacial score (nSPS) is 12.7. The van der Waals surface area contributed by atoms with Gasteiger partial charge in [-0.3, -0.25) is 19.5 Å². The van der Waals surface area contributed by atoms with Gasteiger partial charge in [0, 0.05) is 34.7 Å². The fourth-order valence-electron chi connectivity index (χ4n) is 3.79. The first-order valence-corrected chi connectivity index (χ1v) is 11.8. The largest absolute Gasteiger partial charge is 0.392 e. The summed E-state index contributed by atoms with van der Waals surface area (Å²) in [6.07, 6.45) is 3.26. The number of hydrogen-bond acceptors (Lipinski definition) is 4. The van der Waals surface area contributed by atoms with Gasteiger partial charge in [0.25, 0.3) is 5.91 Å². The number of carbonyl (C=O) groups excluding carboxylic acids is 2. The summed E-state index contributed by atoms with van der Waals surface area (Å²) in [5.74, 6) is -0.623. The molecule has 1 aromatic heterocycles. The zero-order chi connectivity index (χ0) is 25.8. The van der Waals surface area contributed by atoms with Crippen molar-refractivity contribution < 1.29 is 14.7 Å². The van der Waals surface area contributed by atoms with Crippen LogP contribution < -0.4 is 10.2 Å². The molecular formula is C29H35N3O3. The second kappa shape index (κ2) is 10.4. The molecule has 0 spiro atoms. The van der Waals surface area contributed by atoms with Gasteiger partial charge in [-0.2, -0.15) is 0 Å². The zero-order valence-electron chi connectivity index (χ0n) is 21.4. The first-order valence-electron chi connectivity index (χ1n) is 11.8. The number of anilines is 1. The molecule has 1 atom stereocenters. The van der Waals surface area contributed by atoms with Crippen molar-refractivity contribution >= 4 is 17.5 Å². The molecule has 2 aromatic carbocycles. The molecule has 0 fully saturated rings. The Bertz CT molecular complexity index is 1140. The van der Waals surface area contributed by atoms with E-state index in [4.69, 9.17) is 0 Å². The van der Waals surface area contributed by atoms with E-state index in [0.29, 0.717) is 22.4 Å². The Morgan fingerprint density at radius 2 is 1.57 bits per heavy atom. The van der Waals surface area contributed by atoms with E-state index >= 15 is 0 Å². The predicted octanol–water partition coefficient (Wildman–Crippen LogP) is 5.17. The van der Waals surface area contributed by atoms with Gasteiger partial charge in [0.05, 0.1) is 6.61 Å². The summed E-state index contributed by atoms with van der Waals surface area (Å²) in [5, 5.41) is 12.4. The summed E-state index contributed by atoms with van der Waals surface area (Å²) in [7, 11) is 0. The molecule has 6 heteroatoms. The molecule has 0 aliphatic heterocycles. The van der Waals surface area contributed by atoms with Crippen LogP contribution >= 0.6 is 0 Å². The van der Waals surface area contributed by atoms with Gasteiger partial charge in [-0.15, -0.1) is 0 Å². The summed E-state index contributed by atoms with van der Waals surface area (Å²) < 4.78 is 0. The zero-order valence-corrected chi connectivity index (χ0v) is 21.4. The number of carbonyl (C=O) groups is 2. The van der Waals surface area contributed by atoms with Crippen LogP contribution in [0.2, 0.25) is 0 Å². The number of aromatic nitrogens is 1. The van der Waals surface area contributed by atoms with Crippen molar-refractivity contribution in [2.45, 2.75) is 65.1 Å². The van der Waals surface area contributed by atoms with Crippen LogP contribution in [-0.4, -0.2) is 27.4 Å². The molecular weight excluding hydrogens is 438 g/mol. The maximum Gasteiger partial charge on any atom is 0.259 e. The molecule has 6 nitrogen and oxygen atoms in total. The quantitative estimate of drug-likeness (QED) is 0.517. The molecule has 3 aromatic rings. The topological polar surface area (TPSA) is 82.5 Å². The van der Waals surface area contributed by atoms with E-state index in [9.17, 15) is 14.7 Å². The first kappa shape index (κ1) is 26.1. The highest BCUT2D eigenvalue weighted by molar-refractivity contribution is 6.10. The number of nitrogens with zero attached hydrogens (tertiary/aromatic N) is 2. The lowest BCUT2D eigenvalue weighted by Crippen LogP contribution is -2.49. The van der Waals surface area contributed by atoms with Crippen LogP contribution in [0, 0.1) is 0 Å². The van der Waals surface area contributed by atoms with Crippen LogP contribution in [0.15, 0.2) is 73.1 Å². The second-order valence-corrected chi connectivity index (χ2v) is 10.8. The molecule has 35 heavy (non-hydrogen) atoms. The molecule has 2 N–H and O–H groups in total. The highest BCUT2D eigenvalue weighted by Gasteiger charge is 2.35. The lowest BCUT2D eigenvalue weighted by Gasteiger charge is -2.34. The SMILES string of the molecule is CC(C)(C)NC(=O)C(c1cccnc1)N(C(=O)c1ccc(CO)cc1)c1ccc(C(C)(C)C)cc1. The minimum absolute atomic E-state index is 0.0557. The van der Waals surface area contributed by atoms with Gasteiger partial charge in [-0.05, 0) is 67.6 Å². The van der Waals surface area contributed by atoms with Crippen molar-refractivity contribution in [1.82, 2.24) is 10.3 Å². The summed E-state index contributed by atoms with van der Waals surface area (Å²) in [5.41, 5.74) is 2.90. The van der Waals surface area contributed by atoms with Crippen molar-refractivity contribution in [3.05, 3.63) is 95.3 Å². The lowest BCUT2D eigenvalue weighted by molar-refractivity contribution is -0.123. The third-order valence-electron chi connectivity index (χ3n) is 5.62. The Morgan fingerprint density at radius 1 is 0.943 bits per heavy atom. The number of rotatable bonds is 6. The number of aliphatic hydroxyl groups excluding tert-OH is 1. The number of aliphatic hydroxyl groups is 1. The van der Waals surface area contributed by atoms with Gasteiger partial charge in [0.15, 0.2) is 0 Å². The Morgan fingerprint density at radius 3 is 2.06 bits per heavy atom. The molecule has 184 valence electrons. The van der Waals surface area contributed by atoms with Crippen LogP contribution in [-0.2, 0) is 16.8 Å². The minimum Gasteiger partial charge on any atom is -0.392 e. The molecule has 0 aliphatic carbocycles. The standard InChI is InChI=1S/C29H35N3O3/c1-28(2,3)23-13-15-24(16-14-23)32(27(35)21-11-9-20(19-33)10-12-21)25(22-8-7-17-30-18-22)26(34)31-29(4,5)6/h7-18,25,33H,19H2,1-6H3,(H,31,34). The van der Waals surface area contributed by atoms with Crippen LogP contribution in [0.5, 0.6) is 0 Å². The minimum atomic E-state index is -0.937. The fraction of sp³-hybridized carbons (Fsp3) is 0.345. The number of hydrogen-bond donors (Lipinski definition) is 2. The van der Waals surface area contributed by atoms with Crippen LogP contribution in [0.4, 0.5) is 5.69 Å². The van der Waals surface area contributed by atoms with Gasteiger partial charge >= 0.3 is 0 Å². The van der Waals surface area contributed by atoms with Gasteiger partial charge in [0.1, 0.15) is 6.04 Å².